The molecule has 9 heteroatoms. The van der Waals surface area contributed by atoms with Gasteiger partial charge in [-0.1, -0.05) is 19.1 Å². The average molecular weight is 449 g/mol. The van der Waals surface area contributed by atoms with Crippen molar-refractivity contribution in [3.8, 4) is 11.5 Å². The SMILES string of the molecule is CCC(NC(=O)c1cccc(S(=O)(=O)N2CCOCC2)c1)c1ccc(OC)c(OC)c1. The summed E-state index contributed by atoms with van der Waals surface area (Å²) < 4.78 is 43.1. The highest BCUT2D eigenvalue weighted by molar-refractivity contribution is 7.89. The van der Waals surface area contributed by atoms with Crippen molar-refractivity contribution in [1.82, 2.24) is 9.62 Å². The van der Waals surface area contributed by atoms with Gasteiger partial charge in [-0.3, -0.25) is 4.79 Å². The van der Waals surface area contributed by atoms with E-state index in [0.717, 1.165) is 5.56 Å². The van der Waals surface area contributed by atoms with Gasteiger partial charge >= 0.3 is 0 Å². The Bertz CT molecular complexity index is 1020. The van der Waals surface area contributed by atoms with Gasteiger partial charge in [0, 0.05) is 18.7 Å². The van der Waals surface area contributed by atoms with Crippen LogP contribution in [0, 0.1) is 0 Å². The summed E-state index contributed by atoms with van der Waals surface area (Å²) in [6.45, 7) is 3.29. The Balaban J connectivity index is 1.80. The molecule has 0 spiro atoms. The van der Waals surface area contributed by atoms with Gasteiger partial charge in [0.05, 0.1) is 38.4 Å². The highest BCUT2D eigenvalue weighted by Crippen LogP contribution is 2.31. The van der Waals surface area contributed by atoms with Crippen LogP contribution in [0.1, 0.15) is 35.3 Å². The van der Waals surface area contributed by atoms with Crippen LogP contribution in [0.15, 0.2) is 47.4 Å². The van der Waals surface area contributed by atoms with Crippen molar-refractivity contribution < 1.29 is 27.4 Å². The zero-order valence-electron chi connectivity index (χ0n) is 18.0. The van der Waals surface area contributed by atoms with Crippen molar-refractivity contribution in [2.24, 2.45) is 0 Å². The fourth-order valence-electron chi connectivity index (χ4n) is 3.47. The first-order valence-electron chi connectivity index (χ1n) is 10.1. The van der Waals surface area contributed by atoms with Crippen LogP contribution in [0.2, 0.25) is 0 Å². The van der Waals surface area contributed by atoms with Gasteiger partial charge in [0.15, 0.2) is 11.5 Å². The maximum atomic E-state index is 12.9. The van der Waals surface area contributed by atoms with Crippen molar-refractivity contribution in [2.75, 3.05) is 40.5 Å². The number of nitrogens with one attached hydrogen (secondary N) is 1. The molecular formula is C22H28N2O6S. The van der Waals surface area contributed by atoms with Gasteiger partial charge in [0.2, 0.25) is 10.0 Å². The molecule has 3 rings (SSSR count). The third kappa shape index (κ3) is 5.17. The summed E-state index contributed by atoms with van der Waals surface area (Å²) in [5.74, 6) is 0.834. The lowest BCUT2D eigenvalue weighted by Gasteiger charge is -2.26. The maximum absolute atomic E-state index is 12.9. The molecule has 0 aliphatic carbocycles. The van der Waals surface area contributed by atoms with Gasteiger partial charge < -0.3 is 19.5 Å². The largest absolute Gasteiger partial charge is 0.493 e. The first-order chi connectivity index (χ1) is 14.9. The molecule has 1 aliphatic rings. The van der Waals surface area contributed by atoms with Gasteiger partial charge in [-0.15, -0.1) is 0 Å². The molecular weight excluding hydrogens is 420 g/mol. The molecule has 1 amide bonds. The molecule has 1 saturated heterocycles. The van der Waals surface area contributed by atoms with E-state index >= 15 is 0 Å². The number of carbonyl (C=O) groups excluding carboxylic acids is 1. The number of hydrogen-bond acceptors (Lipinski definition) is 6. The van der Waals surface area contributed by atoms with Gasteiger partial charge in [-0.2, -0.15) is 4.31 Å². The van der Waals surface area contributed by atoms with Crippen LogP contribution in [0.5, 0.6) is 11.5 Å². The molecule has 1 aliphatic heterocycles. The van der Waals surface area contributed by atoms with E-state index in [1.165, 1.54) is 16.4 Å². The molecule has 1 N–H and O–H groups in total. The fraction of sp³-hybridized carbons (Fsp3) is 0.409. The Labute approximate surface area is 183 Å². The molecule has 31 heavy (non-hydrogen) atoms. The molecule has 0 radical (unpaired) electrons. The second-order valence-electron chi connectivity index (χ2n) is 7.09. The molecule has 1 atom stereocenters. The Morgan fingerprint density at radius 1 is 1.10 bits per heavy atom. The number of benzene rings is 2. The smallest absolute Gasteiger partial charge is 0.251 e. The molecule has 0 saturated carbocycles. The van der Waals surface area contributed by atoms with E-state index in [1.807, 2.05) is 19.1 Å². The number of nitrogens with zero attached hydrogens (tertiary/aromatic N) is 1. The molecule has 2 aromatic rings. The second kappa shape index (κ2) is 10.1. The van der Waals surface area contributed by atoms with E-state index in [0.29, 0.717) is 44.2 Å². The van der Waals surface area contributed by atoms with Crippen LogP contribution >= 0.6 is 0 Å². The predicted octanol–water partition coefficient (Wildman–Crippen LogP) is 2.61. The Morgan fingerprint density at radius 2 is 1.81 bits per heavy atom. The second-order valence-corrected chi connectivity index (χ2v) is 9.03. The summed E-state index contributed by atoms with van der Waals surface area (Å²) in [6.07, 6.45) is 0.646. The van der Waals surface area contributed by atoms with Crippen molar-refractivity contribution in [3.63, 3.8) is 0 Å². The van der Waals surface area contributed by atoms with Crippen molar-refractivity contribution in [1.29, 1.82) is 0 Å². The number of rotatable bonds is 8. The number of ether oxygens (including phenoxy) is 3. The molecule has 2 aromatic carbocycles. The zero-order valence-corrected chi connectivity index (χ0v) is 18.8. The number of sulfonamides is 1. The molecule has 168 valence electrons. The van der Waals surface area contributed by atoms with Crippen LogP contribution in [0.3, 0.4) is 0 Å². The summed E-state index contributed by atoms with van der Waals surface area (Å²) in [5.41, 5.74) is 1.15. The third-order valence-corrected chi connectivity index (χ3v) is 7.12. The third-order valence-electron chi connectivity index (χ3n) is 5.23. The molecule has 0 bridgehead atoms. The number of amides is 1. The molecule has 1 heterocycles. The first kappa shape index (κ1) is 23.1. The van der Waals surface area contributed by atoms with Gasteiger partial charge in [0.1, 0.15) is 0 Å². The minimum atomic E-state index is -3.68. The highest BCUT2D eigenvalue weighted by Gasteiger charge is 2.27. The number of hydrogen-bond donors (Lipinski definition) is 1. The monoisotopic (exact) mass is 448 g/mol. The van der Waals surface area contributed by atoms with E-state index in [2.05, 4.69) is 5.32 Å². The average Bonchev–Trinajstić information content (AvgIpc) is 2.82. The molecule has 1 unspecified atom stereocenters. The summed E-state index contributed by atoms with van der Waals surface area (Å²) >= 11 is 0. The topological polar surface area (TPSA) is 94.2 Å². The summed E-state index contributed by atoms with van der Waals surface area (Å²) in [7, 11) is -0.557. The lowest BCUT2D eigenvalue weighted by atomic mass is 10.0. The minimum absolute atomic E-state index is 0.0983. The fourth-order valence-corrected chi connectivity index (χ4v) is 4.92. The molecule has 0 aromatic heterocycles. The van der Waals surface area contributed by atoms with Crippen LogP contribution in [-0.4, -0.2) is 59.2 Å². The quantitative estimate of drug-likeness (QED) is 0.667. The van der Waals surface area contributed by atoms with Crippen molar-refractivity contribution >= 4 is 15.9 Å². The van der Waals surface area contributed by atoms with E-state index in [-0.39, 0.29) is 22.4 Å². The van der Waals surface area contributed by atoms with Crippen LogP contribution in [-0.2, 0) is 14.8 Å². The number of morpholine rings is 1. The van der Waals surface area contributed by atoms with Crippen molar-refractivity contribution in [2.45, 2.75) is 24.3 Å². The van der Waals surface area contributed by atoms with E-state index in [4.69, 9.17) is 14.2 Å². The number of carbonyl (C=O) groups is 1. The van der Waals surface area contributed by atoms with Gasteiger partial charge in [-0.05, 0) is 42.3 Å². The summed E-state index contributed by atoms with van der Waals surface area (Å²) in [4.78, 5) is 13.0. The summed E-state index contributed by atoms with van der Waals surface area (Å²) in [6, 6.07) is 11.3. The number of methoxy groups -OCH3 is 2. The zero-order chi connectivity index (χ0) is 22.4. The normalized spacial score (nSPS) is 15.8. The minimum Gasteiger partial charge on any atom is -0.493 e. The first-order valence-corrected chi connectivity index (χ1v) is 11.6. The lowest BCUT2D eigenvalue weighted by molar-refractivity contribution is 0.0730. The lowest BCUT2D eigenvalue weighted by Crippen LogP contribution is -2.40. The Kier molecular flexibility index (Phi) is 7.53. The van der Waals surface area contributed by atoms with Crippen molar-refractivity contribution in [3.05, 3.63) is 53.6 Å². The van der Waals surface area contributed by atoms with E-state index < -0.39 is 10.0 Å². The molecule has 8 nitrogen and oxygen atoms in total. The van der Waals surface area contributed by atoms with Crippen LogP contribution in [0.25, 0.3) is 0 Å². The summed E-state index contributed by atoms with van der Waals surface area (Å²) in [5, 5.41) is 2.98. The maximum Gasteiger partial charge on any atom is 0.251 e. The van der Waals surface area contributed by atoms with E-state index in [9.17, 15) is 13.2 Å². The van der Waals surface area contributed by atoms with E-state index in [1.54, 1.807) is 32.4 Å². The van der Waals surface area contributed by atoms with Crippen LogP contribution < -0.4 is 14.8 Å². The standard InChI is InChI=1S/C22H28N2O6S/c1-4-19(16-8-9-20(28-2)21(15-16)29-3)23-22(25)17-6-5-7-18(14-17)31(26,27)24-10-12-30-13-11-24/h5-9,14-15,19H,4,10-13H2,1-3H3,(H,23,25). The van der Waals surface area contributed by atoms with Crippen LogP contribution in [0.4, 0.5) is 0 Å². The predicted molar refractivity (Wildman–Crippen MR) is 116 cm³/mol. The highest BCUT2D eigenvalue weighted by atomic mass is 32.2. The van der Waals surface area contributed by atoms with Gasteiger partial charge in [0.25, 0.3) is 5.91 Å². The molecule has 1 fully saturated rings. The Morgan fingerprint density at radius 3 is 2.45 bits per heavy atom. The Hall–Kier alpha value is -2.62. The van der Waals surface area contributed by atoms with Gasteiger partial charge in [-0.25, -0.2) is 8.42 Å².